The topological polar surface area (TPSA) is 117 Å². The summed E-state index contributed by atoms with van der Waals surface area (Å²) in [6, 6.07) is 9.71. The van der Waals surface area contributed by atoms with Crippen LogP contribution in [-0.4, -0.2) is 32.0 Å². The van der Waals surface area contributed by atoms with Crippen LogP contribution < -0.4 is 16.4 Å². The van der Waals surface area contributed by atoms with E-state index in [2.05, 4.69) is 25.8 Å². The van der Waals surface area contributed by atoms with E-state index in [0.717, 1.165) is 16.8 Å². The van der Waals surface area contributed by atoms with Crippen LogP contribution in [0.3, 0.4) is 0 Å². The minimum atomic E-state index is -0.461. The van der Waals surface area contributed by atoms with Gasteiger partial charge in [0.25, 0.3) is 11.5 Å². The van der Waals surface area contributed by atoms with Crippen molar-refractivity contribution < 1.29 is 9.59 Å². The molecule has 1 atom stereocenters. The number of nitrogens with one attached hydrogen (secondary N) is 3. The Hall–Kier alpha value is -3.02. The summed E-state index contributed by atoms with van der Waals surface area (Å²) in [5, 5.41) is 4.61. The Kier molecular flexibility index (Phi) is 7.21. The van der Waals surface area contributed by atoms with Gasteiger partial charge in [-0.1, -0.05) is 30.3 Å². The third-order valence-electron chi connectivity index (χ3n) is 4.72. The number of benzene rings is 1. The van der Waals surface area contributed by atoms with Gasteiger partial charge in [-0.25, -0.2) is 9.97 Å². The molecule has 33 heavy (non-hydrogen) atoms. The van der Waals surface area contributed by atoms with Gasteiger partial charge in [-0.15, -0.1) is 34.4 Å². The Labute approximate surface area is 201 Å². The third-order valence-corrected chi connectivity index (χ3v) is 7.71. The number of aromatic amines is 1. The number of thioether (sulfide) groups is 1. The van der Waals surface area contributed by atoms with E-state index in [4.69, 9.17) is 0 Å². The van der Waals surface area contributed by atoms with Crippen molar-refractivity contribution in [3.8, 4) is 11.1 Å². The summed E-state index contributed by atoms with van der Waals surface area (Å²) in [5.74, 6) is 0.180. The van der Waals surface area contributed by atoms with E-state index in [9.17, 15) is 14.4 Å². The SMILES string of the molecule is Cc1csc(CC(=O)NNC(=O)[C@@H](C)SCc2nc3scc(-c4ccccc4)c3c(=O)[nH]2)n1. The van der Waals surface area contributed by atoms with Gasteiger partial charge in [-0.3, -0.25) is 25.2 Å². The average molecular weight is 500 g/mol. The van der Waals surface area contributed by atoms with Crippen LogP contribution in [0.2, 0.25) is 0 Å². The van der Waals surface area contributed by atoms with Crippen LogP contribution in [0.5, 0.6) is 0 Å². The molecule has 0 unspecified atom stereocenters. The monoisotopic (exact) mass is 499 g/mol. The molecule has 0 saturated carbocycles. The van der Waals surface area contributed by atoms with Crippen LogP contribution in [0.15, 0.2) is 45.9 Å². The van der Waals surface area contributed by atoms with E-state index < -0.39 is 5.25 Å². The molecule has 3 heterocycles. The van der Waals surface area contributed by atoms with Crippen LogP contribution in [0.4, 0.5) is 0 Å². The number of aryl methyl sites for hydroxylation is 1. The highest BCUT2D eigenvalue weighted by molar-refractivity contribution is 7.99. The summed E-state index contributed by atoms with van der Waals surface area (Å²) < 4.78 is 0. The third kappa shape index (κ3) is 5.67. The maximum Gasteiger partial charge on any atom is 0.260 e. The van der Waals surface area contributed by atoms with Crippen molar-refractivity contribution in [3.05, 3.63) is 68.0 Å². The van der Waals surface area contributed by atoms with Gasteiger partial charge in [0, 0.05) is 22.0 Å². The second kappa shape index (κ2) is 10.3. The molecule has 0 spiro atoms. The molecule has 0 aliphatic rings. The van der Waals surface area contributed by atoms with Crippen molar-refractivity contribution in [2.24, 2.45) is 0 Å². The second-order valence-corrected chi connectivity index (χ2v) is 10.4. The summed E-state index contributed by atoms with van der Waals surface area (Å²) in [6.45, 7) is 3.59. The van der Waals surface area contributed by atoms with Crippen molar-refractivity contribution in [3.63, 3.8) is 0 Å². The Morgan fingerprint density at radius 2 is 1.91 bits per heavy atom. The standard InChI is InChI=1S/C22H21N5O3S3/c1-12-9-32-18(23-12)8-17(28)26-27-20(29)13(2)31-11-16-24-21(30)19-15(10-33-22(19)25-16)14-6-4-3-5-7-14/h3-7,9-10,13H,8,11H2,1-2H3,(H,26,28)(H,27,29)(H,24,25,30)/t13-/m1/s1. The number of nitrogens with zero attached hydrogens (tertiary/aromatic N) is 2. The Morgan fingerprint density at radius 1 is 1.12 bits per heavy atom. The van der Waals surface area contributed by atoms with Gasteiger partial charge in [0.05, 0.1) is 22.8 Å². The largest absolute Gasteiger partial charge is 0.309 e. The number of carbonyl (C=O) groups is 2. The quantitative estimate of drug-likeness (QED) is 0.336. The summed E-state index contributed by atoms with van der Waals surface area (Å²) in [6.07, 6.45) is 0.108. The molecule has 3 aromatic heterocycles. The number of H-pyrrole nitrogens is 1. The Bertz CT molecular complexity index is 1350. The normalized spacial score (nSPS) is 11.9. The van der Waals surface area contributed by atoms with Crippen LogP contribution in [0, 0.1) is 6.92 Å². The lowest BCUT2D eigenvalue weighted by Gasteiger charge is -2.12. The molecule has 0 fully saturated rings. The lowest BCUT2D eigenvalue weighted by molar-refractivity contribution is -0.128. The predicted molar refractivity (Wildman–Crippen MR) is 133 cm³/mol. The number of thiazole rings is 1. The lowest BCUT2D eigenvalue weighted by atomic mass is 10.1. The molecule has 0 radical (unpaired) electrons. The molecule has 170 valence electrons. The van der Waals surface area contributed by atoms with Crippen LogP contribution in [0.1, 0.15) is 23.4 Å². The van der Waals surface area contributed by atoms with E-state index >= 15 is 0 Å². The number of amides is 2. The van der Waals surface area contributed by atoms with Crippen molar-refractivity contribution in [2.45, 2.75) is 31.3 Å². The molecular formula is C22H21N5O3S3. The molecule has 1 aromatic carbocycles. The number of fused-ring (bicyclic) bond motifs is 1. The molecular weight excluding hydrogens is 478 g/mol. The first kappa shape index (κ1) is 23.1. The van der Waals surface area contributed by atoms with Crippen molar-refractivity contribution in [1.29, 1.82) is 0 Å². The first-order valence-electron chi connectivity index (χ1n) is 10.1. The molecule has 0 aliphatic heterocycles. The van der Waals surface area contributed by atoms with Crippen LogP contribution in [0.25, 0.3) is 21.3 Å². The molecule has 0 aliphatic carbocycles. The molecule has 0 saturated heterocycles. The lowest BCUT2D eigenvalue weighted by Crippen LogP contribution is -2.45. The first-order valence-corrected chi connectivity index (χ1v) is 12.9. The molecule has 8 nitrogen and oxygen atoms in total. The highest BCUT2D eigenvalue weighted by Gasteiger charge is 2.17. The smallest absolute Gasteiger partial charge is 0.260 e. The fraction of sp³-hybridized carbons (Fsp3) is 0.227. The minimum absolute atomic E-state index is 0.108. The molecule has 4 aromatic rings. The minimum Gasteiger partial charge on any atom is -0.309 e. The van der Waals surface area contributed by atoms with Crippen LogP contribution in [-0.2, 0) is 21.8 Å². The fourth-order valence-corrected chi connectivity index (χ4v) is 5.56. The van der Waals surface area contributed by atoms with Crippen LogP contribution >= 0.6 is 34.4 Å². The molecule has 2 amide bonds. The van der Waals surface area contributed by atoms with E-state index in [-0.39, 0.29) is 23.8 Å². The van der Waals surface area contributed by atoms with Crippen molar-refractivity contribution in [1.82, 2.24) is 25.8 Å². The van der Waals surface area contributed by atoms with E-state index in [1.54, 1.807) is 6.92 Å². The van der Waals surface area contributed by atoms with Crippen molar-refractivity contribution in [2.75, 3.05) is 0 Å². The first-order chi connectivity index (χ1) is 15.9. The van der Waals surface area contributed by atoms with Gasteiger partial charge in [0.1, 0.15) is 15.7 Å². The summed E-state index contributed by atoms with van der Waals surface area (Å²) in [4.78, 5) is 49.3. The maximum atomic E-state index is 12.7. The van der Waals surface area contributed by atoms with Gasteiger partial charge in [-0.2, -0.15) is 0 Å². The summed E-state index contributed by atoms with van der Waals surface area (Å²) >= 11 is 4.14. The maximum absolute atomic E-state index is 12.7. The second-order valence-electron chi connectivity index (χ2n) is 7.26. The van der Waals surface area contributed by atoms with E-state index in [1.165, 1.54) is 34.4 Å². The zero-order valence-corrected chi connectivity index (χ0v) is 20.3. The number of carbonyl (C=O) groups excluding carboxylic acids is 2. The number of aromatic nitrogens is 3. The zero-order chi connectivity index (χ0) is 23.4. The zero-order valence-electron chi connectivity index (χ0n) is 17.9. The Morgan fingerprint density at radius 3 is 2.64 bits per heavy atom. The number of thiophene rings is 1. The van der Waals surface area contributed by atoms with Gasteiger partial charge in [0.15, 0.2) is 0 Å². The molecule has 11 heteroatoms. The highest BCUT2D eigenvalue weighted by Crippen LogP contribution is 2.30. The van der Waals surface area contributed by atoms with Crippen molar-refractivity contribution >= 4 is 56.5 Å². The Balaban J connectivity index is 1.33. The fourth-order valence-electron chi connectivity index (χ4n) is 3.07. The summed E-state index contributed by atoms with van der Waals surface area (Å²) in [5.41, 5.74) is 7.34. The van der Waals surface area contributed by atoms with Gasteiger partial charge < -0.3 is 4.98 Å². The number of hydrazine groups is 1. The molecule has 0 bridgehead atoms. The van der Waals surface area contributed by atoms with E-state index in [0.29, 0.717) is 26.8 Å². The number of rotatable bonds is 7. The predicted octanol–water partition coefficient (Wildman–Crippen LogP) is 3.43. The van der Waals surface area contributed by atoms with Gasteiger partial charge in [0.2, 0.25) is 5.91 Å². The summed E-state index contributed by atoms with van der Waals surface area (Å²) in [7, 11) is 0. The highest BCUT2D eigenvalue weighted by atomic mass is 32.2. The van der Waals surface area contributed by atoms with Gasteiger partial charge in [-0.05, 0) is 19.4 Å². The number of hydrogen-bond donors (Lipinski definition) is 3. The molecule has 3 N–H and O–H groups in total. The molecule has 4 rings (SSSR count). The average Bonchev–Trinajstić information content (AvgIpc) is 3.42. The number of hydrogen-bond acceptors (Lipinski definition) is 8. The van der Waals surface area contributed by atoms with E-state index in [1.807, 2.05) is 48.0 Å². The van der Waals surface area contributed by atoms with Gasteiger partial charge >= 0.3 is 0 Å².